The number of ether oxygens (including phenoxy) is 1. The Morgan fingerprint density at radius 3 is 2.21 bits per heavy atom. The van der Waals surface area contributed by atoms with E-state index in [0.29, 0.717) is 12.5 Å². The molecule has 0 bridgehead atoms. The Bertz CT molecular complexity index is 758. The maximum Gasteiger partial charge on any atom is 0.417 e. The van der Waals surface area contributed by atoms with E-state index in [9.17, 15) is 31.1 Å². The van der Waals surface area contributed by atoms with Crippen molar-refractivity contribution in [2.24, 2.45) is 0 Å². The lowest BCUT2D eigenvalue weighted by Gasteiger charge is -2.44. The van der Waals surface area contributed by atoms with Crippen molar-refractivity contribution in [1.29, 1.82) is 0 Å². The average Bonchev–Trinajstić information content (AvgIpc) is 2.59. The van der Waals surface area contributed by atoms with E-state index in [4.69, 9.17) is 4.74 Å². The molecular weight excluding hydrogens is 402 g/mol. The molecule has 0 radical (unpaired) electrons. The number of nitrogens with zero attached hydrogens (tertiary/aromatic N) is 1. The molecule has 162 valence electrons. The van der Waals surface area contributed by atoms with Crippen LogP contribution in [0, 0.1) is 0 Å². The van der Waals surface area contributed by atoms with Crippen molar-refractivity contribution >= 4 is 5.91 Å². The fourth-order valence-electron chi connectivity index (χ4n) is 4.03. The van der Waals surface area contributed by atoms with Crippen LogP contribution in [0.4, 0.5) is 26.3 Å². The van der Waals surface area contributed by atoms with E-state index in [2.05, 4.69) is 10.2 Å². The Morgan fingerprint density at radius 2 is 1.69 bits per heavy atom. The second-order valence-corrected chi connectivity index (χ2v) is 7.42. The molecule has 4 nitrogen and oxygen atoms in total. The van der Waals surface area contributed by atoms with Crippen LogP contribution in [-0.4, -0.2) is 43.1 Å². The summed E-state index contributed by atoms with van der Waals surface area (Å²) in [5.41, 5.74) is -4.09. The van der Waals surface area contributed by atoms with Gasteiger partial charge in [0.05, 0.1) is 23.8 Å². The number of amides is 1. The first-order valence-corrected chi connectivity index (χ1v) is 9.43. The number of carbonyl (C=O) groups is 1. The van der Waals surface area contributed by atoms with Gasteiger partial charge in [-0.2, -0.15) is 26.3 Å². The van der Waals surface area contributed by atoms with Gasteiger partial charge in [-0.1, -0.05) is 12.8 Å². The predicted octanol–water partition coefficient (Wildman–Crippen LogP) is 4.48. The van der Waals surface area contributed by atoms with Gasteiger partial charge in [0.25, 0.3) is 5.91 Å². The molecule has 1 aromatic carbocycles. The molecule has 10 heteroatoms. The smallest absolute Gasteiger partial charge is 0.417 e. The molecule has 29 heavy (non-hydrogen) atoms. The topological polar surface area (TPSA) is 41.6 Å². The van der Waals surface area contributed by atoms with Gasteiger partial charge in [0.2, 0.25) is 0 Å². The van der Waals surface area contributed by atoms with E-state index in [0.717, 1.165) is 45.9 Å². The fourth-order valence-corrected chi connectivity index (χ4v) is 4.03. The van der Waals surface area contributed by atoms with Gasteiger partial charge in [-0.25, -0.2) is 0 Å². The quantitative estimate of drug-likeness (QED) is 0.725. The zero-order valence-corrected chi connectivity index (χ0v) is 15.8. The highest BCUT2D eigenvalue weighted by Gasteiger charge is 2.42. The van der Waals surface area contributed by atoms with E-state index in [1.165, 1.54) is 0 Å². The molecule has 2 unspecified atom stereocenters. The number of likely N-dealkylation sites (tertiary alicyclic amines) is 1. The summed E-state index contributed by atoms with van der Waals surface area (Å²) in [6.07, 6.45) is -5.91. The summed E-state index contributed by atoms with van der Waals surface area (Å²) < 4.78 is 84.5. The number of halogens is 6. The molecular formula is C19H22F6N2O2. The van der Waals surface area contributed by atoms with Crippen molar-refractivity contribution in [2.45, 2.75) is 56.5 Å². The highest BCUT2D eigenvalue weighted by atomic mass is 19.4. The molecule has 2 aliphatic rings. The predicted molar refractivity (Wildman–Crippen MR) is 92.7 cm³/mol. The Balaban J connectivity index is 1.96. The van der Waals surface area contributed by atoms with Crippen LogP contribution in [-0.2, 0) is 12.4 Å². The van der Waals surface area contributed by atoms with E-state index < -0.39 is 40.7 Å². The lowest BCUT2D eigenvalue weighted by atomic mass is 9.87. The molecule has 2 fully saturated rings. The normalized spacial score (nSPS) is 23.4. The maximum absolute atomic E-state index is 13.5. The Labute approximate surface area is 164 Å². The van der Waals surface area contributed by atoms with Gasteiger partial charge in [-0.05, 0) is 44.5 Å². The van der Waals surface area contributed by atoms with Crippen molar-refractivity contribution in [3.8, 4) is 5.75 Å². The van der Waals surface area contributed by atoms with Crippen LogP contribution >= 0.6 is 0 Å². The van der Waals surface area contributed by atoms with E-state index in [1.807, 2.05) is 0 Å². The van der Waals surface area contributed by atoms with Crippen molar-refractivity contribution in [3.63, 3.8) is 0 Å². The van der Waals surface area contributed by atoms with Crippen LogP contribution in [0.15, 0.2) is 12.1 Å². The number of hydrogen-bond donors (Lipinski definition) is 1. The first-order valence-electron chi connectivity index (χ1n) is 9.43. The molecule has 1 amide bonds. The second kappa shape index (κ2) is 8.04. The summed E-state index contributed by atoms with van der Waals surface area (Å²) >= 11 is 0. The van der Waals surface area contributed by atoms with Crippen LogP contribution < -0.4 is 10.1 Å². The van der Waals surface area contributed by atoms with E-state index in [-0.39, 0.29) is 18.2 Å². The van der Waals surface area contributed by atoms with E-state index in [1.54, 1.807) is 0 Å². The number of benzene rings is 1. The minimum absolute atomic E-state index is 0.0243. The Hall–Kier alpha value is -1.97. The highest BCUT2D eigenvalue weighted by Crippen LogP contribution is 2.41. The third kappa shape index (κ3) is 4.62. The lowest BCUT2D eigenvalue weighted by molar-refractivity contribution is -0.143. The Kier molecular flexibility index (Phi) is 6.03. The molecule has 3 rings (SSSR count). The molecule has 1 saturated carbocycles. The zero-order valence-electron chi connectivity index (χ0n) is 15.8. The fraction of sp³-hybridized carbons (Fsp3) is 0.632. The van der Waals surface area contributed by atoms with Gasteiger partial charge in [0.1, 0.15) is 5.75 Å². The lowest BCUT2D eigenvalue weighted by Crippen LogP contribution is -2.57. The summed E-state index contributed by atoms with van der Waals surface area (Å²) in [6, 6.07) is 0.0595. The summed E-state index contributed by atoms with van der Waals surface area (Å²) in [7, 11) is 0.940. The minimum Gasteiger partial charge on any atom is -0.496 e. The molecule has 1 aromatic rings. The van der Waals surface area contributed by atoms with Crippen molar-refractivity contribution < 1.29 is 35.9 Å². The summed E-state index contributed by atoms with van der Waals surface area (Å²) in [4.78, 5) is 15.0. The summed E-state index contributed by atoms with van der Waals surface area (Å²) in [5.74, 6) is -1.82. The van der Waals surface area contributed by atoms with Crippen LogP contribution in [0.5, 0.6) is 5.75 Å². The number of alkyl halides is 6. The monoisotopic (exact) mass is 424 g/mol. The number of nitrogens with one attached hydrogen (secondary N) is 1. The maximum atomic E-state index is 13.5. The summed E-state index contributed by atoms with van der Waals surface area (Å²) in [5, 5.41) is 2.64. The largest absolute Gasteiger partial charge is 0.496 e. The molecule has 1 aliphatic carbocycles. The van der Waals surface area contributed by atoms with Gasteiger partial charge in [0.15, 0.2) is 0 Å². The van der Waals surface area contributed by atoms with Gasteiger partial charge in [0, 0.05) is 12.1 Å². The first-order chi connectivity index (χ1) is 13.5. The van der Waals surface area contributed by atoms with Gasteiger partial charge >= 0.3 is 12.4 Å². The third-order valence-electron chi connectivity index (χ3n) is 5.59. The van der Waals surface area contributed by atoms with Crippen LogP contribution in [0.1, 0.15) is 53.6 Å². The molecule has 1 saturated heterocycles. The number of rotatable bonds is 4. The number of hydrogen-bond acceptors (Lipinski definition) is 3. The number of methoxy groups -OCH3 is 1. The van der Waals surface area contributed by atoms with Gasteiger partial charge < -0.3 is 10.1 Å². The standard InChI is InChI=1S/C19H22F6N2O2/c1-29-15-10-11(18(20,21)22)9-12(19(23,24)25)16(15)17(28)26-13-5-2-3-6-14(13)27-7-4-8-27/h9-10,13-14H,2-8H2,1H3,(H,26,28). The van der Waals surface area contributed by atoms with Gasteiger partial charge in [-0.15, -0.1) is 0 Å². The van der Waals surface area contributed by atoms with Crippen molar-refractivity contribution in [1.82, 2.24) is 10.2 Å². The Morgan fingerprint density at radius 1 is 1.03 bits per heavy atom. The first kappa shape index (κ1) is 21.7. The third-order valence-corrected chi connectivity index (χ3v) is 5.59. The van der Waals surface area contributed by atoms with Gasteiger partial charge in [-0.3, -0.25) is 9.69 Å². The van der Waals surface area contributed by atoms with Crippen molar-refractivity contribution in [2.75, 3.05) is 20.2 Å². The van der Waals surface area contributed by atoms with Crippen LogP contribution in [0.3, 0.4) is 0 Å². The molecule has 0 spiro atoms. The SMILES string of the molecule is COc1cc(C(F)(F)F)cc(C(F)(F)F)c1C(=O)NC1CCCCC1N1CCC1. The molecule has 0 aromatic heterocycles. The summed E-state index contributed by atoms with van der Waals surface area (Å²) in [6.45, 7) is 1.74. The molecule has 1 heterocycles. The van der Waals surface area contributed by atoms with Crippen LogP contribution in [0.25, 0.3) is 0 Å². The average molecular weight is 424 g/mol. The van der Waals surface area contributed by atoms with Crippen LogP contribution in [0.2, 0.25) is 0 Å². The molecule has 2 atom stereocenters. The number of carbonyl (C=O) groups excluding carboxylic acids is 1. The zero-order chi connectivity index (χ0) is 21.4. The molecule has 1 N–H and O–H groups in total. The van der Waals surface area contributed by atoms with E-state index >= 15 is 0 Å². The van der Waals surface area contributed by atoms with Crippen molar-refractivity contribution in [3.05, 3.63) is 28.8 Å². The molecule has 1 aliphatic heterocycles. The highest BCUT2D eigenvalue weighted by molar-refractivity contribution is 5.99. The minimum atomic E-state index is -5.15. The second-order valence-electron chi connectivity index (χ2n) is 7.42.